The van der Waals surface area contributed by atoms with Crippen LogP contribution in [0.3, 0.4) is 0 Å². The molecule has 126 valence electrons. The first-order valence-corrected chi connectivity index (χ1v) is 8.53. The number of benzene rings is 1. The molecule has 1 amide bonds. The van der Waals surface area contributed by atoms with Crippen LogP contribution in [0, 0.1) is 19.8 Å². The second kappa shape index (κ2) is 5.65. The molecule has 1 aliphatic carbocycles. The summed E-state index contributed by atoms with van der Waals surface area (Å²) >= 11 is 0. The first kappa shape index (κ1) is 15.2. The van der Waals surface area contributed by atoms with E-state index in [0.717, 1.165) is 42.0 Å². The van der Waals surface area contributed by atoms with E-state index in [0.29, 0.717) is 13.2 Å². The van der Waals surface area contributed by atoms with Gasteiger partial charge in [-0.3, -0.25) is 4.79 Å². The molecular weight excluding hydrogens is 304 g/mol. The summed E-state index contributed by atoms with van der Waals surface area (Å²) in [6, 6.07) is 8.12. The van der Waals surface area contributed by atoms with Crippen molar-refractivity contribution in [2.45, 2.75) is 38.5 Å². The molecule has 2 heterocycles. The zero-order chi connectivity index (χ0) is 16.7. The Morgan fingerprint density at radius 2 is 2.21 bits per heavy atom. The van der Waals surface area contributed by atoms with Gasteiger partial charge in [-0.15, -0.1) is 0 Å². The molecule has 0 unspecified atom stereocenters. The summed E-state index contributed by atoms with van der Waals surface area (Å²) < 4.78 is 10.9. The lowest BCUT2D eigenvalue weighted by Gasteiger charge is -2.26. The average Bonchev–Trinajstić information content (AvgIpc) is 3.22. The Hall–Kier alpha value is -2.30. The Balaban J connectivity index is 1.39. The third-order valence-electron chi connectivity index (χ3n) is 5.48. The second-order valence-corrected chi connectivity index (χ2v) is 6.85. The van der Waals surface area contributed by atoms with Gasteiger partial charge in [0.1, 0.15) is 11.5 Å². The Morgan fingerprint density at radius 1 is 1.38 bits per heavy atom. The molecule has 1 N–H and O–H groups in total. The fourth-order valence-corrected chi connectivity index (χ4v) is 4.00. The number of para-hydroxylation sites is 1. The fourth-order valence-electron chi connectivity index (χ4n) is 4.00. The number of hydrogen-bond acceptors (Lipinski definition) is 4. The third-order valence-corrected chi connectivity index (χ3v) is 5.48. The summed E-state index contributed by atoms with van der Waals surface area (Å²) in [6.45, 7) is 5.15. The molecule has 1 saturated carbocycles. The first-order chi connectivity index (χ1) is 11.6. The third kappa shape index (κ3) is 2.39. The van der Waals surface area contributed by atoms with E-state index >= 15 is 0 Å². The van der Waals surface area contributed by atoms with Gasteiger partial charge in [-0.2, -0.15) is 0 Å². The molecule has 1 fully saturated rings. The molecule has 1 aromatic carbocycles. The molecule has 4 rings (SSSR count). The van der Waals surface area contributed by atoms with E-state index in [1.165, 1.54) is 5.56 Å². The van der Waals surface area contributed by atoms with E-state index in [2.05, 4.69) is 16.5 Å². The van der Waals surface area contributed by atoms with Crippen LogP contribution < -0.4 is 10.1 Å². The van der Waals surface area contributed by atoms with Gasteiger partial charge in [0.25, 0.3) is 0 Å². The number of nitrogens with zero attached hydrogens (tertiary/aromatic N) is 1. The van der Waals surface area contributed by atoms with E-state index in [9.17, 15) is 4.79 Å². The maximum Gasteiger partial charge on any atom is 0.224 e. The molecule has 0 radical (unpaired) electrons. The number of carbonyl (C=O) groups excluding carboxylic acids is 1. The highest BCUT2D eigenvalue weighted by atomic mass is 16.5. The van der Waals surface area contributed by atoms with Gasteiger partial charge >= 0.3 is 0 Å². The summed E-state index contributed by atoms with van der Waals surface area (Å²) in [6.07, 6.45) is 2.60. The zero-order valence-corrected chi connectivity index (χ0v) is 14.1. The number of carbonyl (C=O) groups is 1. The van der Waals surface area contributed by atoms with Gasteiger partial charge < -0.3 is 14.6 Å². The van der Waals surface area contributed by atoms with Gasteiger partial charge in [0.15, 0.2) is 0 Å². The quantitative estimate of drug-likeness (QED) is 0.938. The standard InChI is InChI=1S/C19H22N2O3/c1-12-14(13(2)24-21-12)7-9-20-18(22)16-11-19(16)8-10-23-17-6-4-3-5-15(17)19/h3-6,16H,7-11H2,1-2H3,(H,20,22)/t16-,19-/m0/s1. The lowest BCUT2D eigenvalue weighted by atomic mass is 9.87. The van der Waals surface area contributed by atoms with Crippen LogP contribution >= 0.6 is 0 Å². The van der Waals surface area contributed by atoms with Gasteiger partial charge in [0.05, 0.1) is 12.3 Å². The van der Waals surface area contributed by atoms with Crippen molar-refractivity contribution in [2.75, 3.05) is 13.2 Å². The number of hydrogen-bond donors (Lipinski definition) is 1. The van der Waals surface area contributed by atoms with Crippen molar-refractivity contribution in [3.63, 3.8) is 0 Å². The van der Waals surface area contributed by atoms with E-state index in [1.54, 1.807) is 0 Å². The Bertz CT molecular complexity index is 763. The predicted molar refractivity (Wildman–Crippen MR) is 89.0 cm³/mol. The van der Waals surface area contributed by atoms with Gasteiger partial charge in [-0.25, -0.2) is 0 Å². The minimum Gasteiger partial charge on any atom is -0.493 e. The lowest BCUT2D eigenvalue weighted by molar-refractivity contribution is -0.122. The number of nitrogens with one attached hydrogen (secondary N) is 1. The Kier molecular flexibility index (Phi) is 3.59. The van der Waals surface area contributed by atoms with Gasteiger partial charge in [-0.05, 0) is 39.2 Å². The van der Waals surface area contributed by atoms with Crippen molar-refractivity contribution in [1.29, 1.82) is 0 Å². The van der Waals surface area contributed by atoms with Crippen molar-refractivity contribution in [3.05, 3.63) is 46.8 Å². The van der Waals surface area contributed by atoms with Crippen molar-refractivity contribution >= 4 is 5.91 Å². The van der Waals surface area contributed by atoms with Crippen LogP contribution in [0.5, 0.6) is 5.75 Å². The van der Waals surface area contributed by atoms with Crippen molar-refractivity contribution in [3.8, 4) is 5.75 Å². The minimum absolute atomic E-state index is 0.0119. The summed E-state index contributed by atoms with van der Waals surface area (Å²) in [5.41, 5.74) is 3.18. The van der Waals surface area contributed by atoms with Crippen LogP contribution in [0.25, 0.3) is 0 Å². The molecule has 2 aromatic rings. The normalized spacial score (nSPS) is 24.3. The van der Waals surface area contributed by atoms with Crippen LogP contribution in [0.2, 0.25) is 0 Å². The molecule has 0 saturated heterocycles. The van der Waals surface area contributed by atoms with E-state index < -0.39 is 0 Å². The van der Waals surface area contributed by atoms with Crippen LogP contribution in [-0.4, -0.2) is 24.2 Å². The number of aromatic nitrogens is 1. The zero-order valence-electron chi connectivity index (χ0n) is 14.1. The lowest BCUT2D eigenvalue weighted by Crippen LogP contribution is -2.32. The molecule has 5 heteroatoms. The van der Waals surface area contributed by atoms with Gasteiger partial charge in [-0.1, -0.05) is 23.4 Å². The van der Waals surface area contributed by atoms with Gasteiger partial charge in [0, 0.05) is 29.0 Å². The molecule has 24 heavy (non-hydrogen) atoms. The number of amides is 1. The summed E-state index contributed by atoms with van der Waals surface area (Å²) in [5.74, 6) is 1.99. The monoisotopic (exact) mass is 326 g/mol. The number of ether oxygens (including phenoxy) is 1. The summed E-state index contributed by atoms with van der Waals surface area (Å²) in [4.78, 5) is 12.6. The molecule has 5 nitrogen and oxygen atoms in total. The molecule has 2 atom stereocenters. The van der Waals surface area contributed by atoms with Crippen molar-refractivity contribution < 1.29 is 14.1 Å². The maximum absolute atomic E-state index is 12.6. The Labute approximate surface area is 141 Å². The fraction of sp³-hybridized carbons (Fsp3) is 0.474. The molecule has 1 aromatic heterocycles. The van der Waals surface area contributed by atoms with Crippen LogP contribution in [0.1, 0.15) is 35.4 Å². The molecular formula is C19H22N2O3. The second-order valence-electron chi connectivity index (χ2n) is 6.85. The number of rotatable bonds is 4. The topological polar surface area (TPSA) is 64.4 Å². The predicted octanol–water partition coefficient (Wildman–Crippen LogP) is 2.69. The number of fused-ring (bicyclic) bond motifs is 2. The molecule has 0 bridgehead atoms. The molecule has 1 spiro atoms. The van der Waals surface area contributed by atoms with E-state index in [4.69, 9.17) is 9.26 Å². The minimum atomic E-state index is -0.0119. The summed E-state index contributed by atoms with van der Waals surface area (Å²) in [7, 11) is 0. The average molecular weight is 326 g/mol. The highest BCUT2D eigenvalue weighted by Gasteiger charge is 2.60. The molecule has 1 aliphatic heterocycles. The van der Waals surface area contributed by atoms with E-state index in [1.807, 2.05) is 32.0 Å². The van der Waals surface area contributed by atoms with Crippen LogP contribution in [0.15, 0.2) is 28.8 Å². The largest absolute Gasteiger partial charge is 0.493 e. The van der Waals surface area contributed by atoms with Crippen molar-refractivity contribution in [1.82, 2.24) is 10.5 Å². The molecule has 2 aliphatic rings. The maximum atomic E-state index is 12.6. The van der Waals surface area contributed by atoms with E-state index in [-0.39, 0.29) is 17.2 Å². The Morgan fingerprint density at radius 3 is 3.00 bits per heavy atom. The van der Waals surface area contributed by atoms with Crippen LogP contribution in [0.4, 0.5) is 0 Å². The highest BCUT2D eigenvalue weighted by Crippen LogP contribution is 2.60. The smallest absolute Gasteiger partial charge is 0.224 e. The highest BCUT2D eigenvalue weighted by molar-refractivity contribution is 5.84. The SMILES string of the molecule is Cc1noc(C)c1CCNC(=O)[C@@H]1C[C@]12CCOc1ccccc12. The van der Waals surface area contributed by atoms with Crippen molar-refractivity contribution in [2.24, 2.45) is 5.92 Å². The first-order valence-electron chi connectivity index (χ1n) is 8.53. The summed E-state index contributed by atoms with van der Waals surface area (Å²) in [5, 5.41) is 7.04. The van der Waals surface area contributed by atoms with Crippen LogP contribution in [-0.2, 0) is 16.6 Å². The van der Waals surface area contributed by atoms with Gasteiger partial charge in [0.2, 0.25) is 5.91 Å². The number of aryl methyl sites for hydroxylation is 2.